The SMILES string of the molecule is Nc1ccccc1C(=O)NC(=O)C(=O)NC12CC3CC(CC(C3)C1)C2. The number of nitrogens with one attached hydrogen (secondary N) is 2. The van der Waals surface area contributed by atoms with Crippen molar-refractivity contribution in [2.75, 3.05) is 5.73 Å². The second-order valence-corrected chi connectivity index (χ2v) is 8.02. The molecule has 4 aliphatic rings. The van der Waals surface area contributed by atoms with Gasteiger partial charge in [-0.3, -0.25) is 19.7 Å². The molecule has 4 fully saturated rings. The number of hydrogen-bond donors (Lipinski definition) is 3. The van der Waals surface area contributed by atoms with Crippen LogP contribution in [0.5, 0.6) is 0 Å². The number of carbonyl (C=O) groups is 3. The molecule has 0 spiro atoms. The number of nitrogens with two attached hydrogens (primary N) is 1. The van der Waals surface area contributed by atoms with Crippen molar-refractivity contribution >= 4 is 23.4 Å². The Morgan fingerprint density at radius 1 is 0.920 bits per heavy atom. The summed E-state index contributed by atoms with van der Waals surface area (Å²) in [6, 6.07) is 6.46. The van der Waals surface area contributed by atoms with Gasteiger partial charge in [0.1, 0.15) is 0 Å². The van der Waals surface area contributed by atoms with Crippen LogP contribution in [0.2, 0.25) is 0 Å². The first kappa shape index (κ1) is 16.1. The van der Waals surface area contributed by atoms with Crippen LogP contribution < -0.4 is 16.4 Å². The Kier molecular flexibility index (Phi) is 3.78. The molecule has 0 heterocycles. The first-order valence-corrected chi connectivity index (χ1v) is 8.96. The number of nitrogen functional groups attached to an aromatic ring is 1. The Morgan fingerprint density at radius 3 is 2.04 bits per heavy atom. The zero-order chi connectivity index (χ0) is 17.6. The number of amides is 3. The van der Waals surface area contributed by atoms with Gasteiger partial charge in [-0.25, -0.2) is 0 Å². The number of imide groups is 1. The fraction of sp³-hybridized carbons (Fsp3) is 0.526. The number of rotatable bonds is 2. The van der Waals surface area contributed by atoms with E-state index >= 15 is 0 Å². The van der Waals surface area contributed by atoms with Crippen LogP contribution in [0.4, 0.5) is 5.69 Å². The smallest absolute Gasteiger partial charge is 0.316 e. The van der Waals surface area contributed by atoms with E-state index in [1.165, 1.54) is 25.3 Å². The zero-order valence-electron chi connectivity index (χ0n) is 14.1. The van der Waals surface area contributed by atoms with Crippen molar-refractivity contribution in [3.8, 4) is 0 Å². The highest BCUT2D eigenvalue weighted by atomic mass is 16.2. The van der Waals surface area contributed by atoms with E-state index in [-0.39, 0.29) is 16.8 Å². The van der Waals surface area contributed by atoms with Crippen LogP contribution in [0.15, 0.2) is 24.3 Å². The van der Waals surface area contributed by atoms with E-state index in [1.807, 2.05) is 0 Å². The van der Waals surface area contributed by atoms with Crippen LogP contribution in [-0.4, -0.2) is 23.3 Å². The fourth-order valence-corrected chi connectivity index (χ4v) is 5.49. The van der Waals surface area contributed by atoms with E-state index < -0.39 is 17.7 Å². The third-order valence-corrected chi connectivity index (χ3v) is 6.06. The van der Waals surface area contributed by atoms with E-state index in [2.05, 4.69) is 10.6 Å². The average molecular weight is 341 g/mol. The number of anilines is 1. The quantitative estimate of drug-likeness (QED) is 0.562. The van der Waals surface area contributed by atoms with Gasteiger partial charge in [-0.05, 0) is 68.4 Å². The summed E-state index contributed by atoms with van der Waals surface area (Å²) in [4.78, 5) is 36.7. The Labute approximate surface area is 146 Å². The first-order chi connectivity index (χ1) is 11.9. The average Bonchev–Trinajstić information content (AvgIpc) is 2.53. The summed E-state index contributed by atoms with van der Waals surface area (Å²) in [6.07, 6.45) is 6.64. The monoisotopic (exact) mass is 341 g/mol. The van der Waals surface area contributed by atoms with Crippen molar-refractivity contribution in [2.45, 2.75) is 44.1 Å². The van der Waals surface area contributed by atoms with Crippen molar-refractivity contribution < 1.29 is 14.4 Å². The highest BCUT2D eigenvalue weighted by molar-refractivity contribution is 6.38. The standard InChI is InChI=1S/C19H23N3O3/c20-15-4-2-1-3-14(15)16(23)21-17(24)18(25)22-19-8-11-5-12(9-19)7-13(6-11)10-19/h1-4,11-13H,5-10,20H2,(H,22,25)(H,21,23,24). The normalized spacial score (nSPS) is 32.2. The molecule has 5 rings (SSSR count). The van der Waals surface area contributed by atoms with Gasteiger partial charge in [0, 0.05) is 11.2 Å². The van der Waals surface area contributed by atoms with Gasteiger partial charge in [-0.15, -0.1) is 0 Å². The van der Waals surface area contributed by atoms with Gasteiger partial charge >= 0.3 is 11.8 Å². The molecule has 1 aromatic carbocycles. The van der Waals surface area contributed by atoms with Gasteiger partial charge in [0.25, 0.3) is 5.91 Å². The minimum absolute atomic E-state index is 0.193. The van der Waals surface area contributed by atoms with Crippen molar-refractivity contribution in [1.82, 2.24) is 10.6 Å². The number of benzene rings is 1. The van der Waals surface area contributed by atoms with Gasteiger partial charge in [-0.1, -0.05) is 12.1 Å². The lowest BCUT2D eigenvalue weighted by atomic mass is 9.53. The largest absolute Gasteiger partial charge is 0.398 e. The molecular formula is C19H23N3O3. The molecule has 4 N–H and O–H groups in total. The molecule has 1 aromatic rings. The molecule has 4 aliphatic carbocycles. The molecular weight excluding hydrogens is 318 g/mol. The van der Waals surface area contributed by atoms with E-state index in [9.17, 15) is 14.4 Å². The topological polar surface area (TPSA) is 101 Å². The summed E-state index contributed by atoms with van der Waals surface area (Å²) in [7, 11) is 0. The Bertz CT molecular complexity index is 708. The van der Waals surface area contributed by atoms with Crippen molar-refractivity contribution in [3.05, 3.63) is 29.8 Å². The van der Waals surface area contributed by atoms with Crippen molar-refractivity contribution in [3.63, 3.8) is 0 Å². The molecule has 3 amide bonds. The van der Waals surface area contributed by atoms with Crippen LogP contribution in [-0.2, 0) is 9.59 Å². The fourth-order valence-electron chi connectivity index (χ4n) is 5.49. The van der Waals surface area contributed by atoms with Gasteiger partial charge in [0.05, 0.1) is 5.56 Å². The highest BCUT2D eigenvalue weighted by Gasteiger charge is 2.51. The van der Waals surface area contributed by atoms with Crippen LogP contribution in [0.1, 0.15) is 48.9 Å². The summed E-state index contributed by atoms with van der Waals surface area (Å²) in [6.45, 7) is 0. The van der Waals surface area contributed by atoms with E-state index in [0.717, 1.165) is 19.3 Å². The molecule has 25 heavy (non-hydrogen) atoms. The maximum Gasteiger partial charge on any atom is 0.316 e. The third kappa shape index (κ3) is 3.01. The second kappa shape index (κ2) is 5.86. The summed E-state index contributed by atoms with van der Waals surface area (Å²) in [5.74, 6) is -0.279. The zero-order valence-corrected chi connectivity index (χ0v) is 14.1. The van der Waals surface area contributed by atoms with E-state index in [4.69, 9.17) is 5.73 Å². The molecule has 132 valence electrons. The van der Waals surface area contributed by atoms with Crippen molar-refractivity contribution in [2.24, 2.45) is 17.8 Å². The third-order valence-electron chi connectivity index (χ3n) is 6.06. The first-order valence-electron chi connectivity index (χ1n) is 8.96. The molecule has 0 unspecified atom stereocenters. The van der Waals surface area contributed by atoms with Crippen LogP contribution in [0.3, 0.4) is 0 Å². The lowest BCUT2D eigenvalue weighted by Gasteiger charge is -2.56. The Balaban J connectivity index is 1.41. The molecule has 6 nitrogen and oxygen atoms in total. The van der Waals surface area contributed by atoms with Crippen LogP contribution in [0, 0.1) is 17.8 Å². The van der Waals surface area contributed by atoms with Gasteiger partial charge in [-0.2, -0.15) is 0 Å². The van der Waals surface area contributed by atoms with Crippen LogP contribution >= 0.6 is 0 Å². The molecule has 0 aromatic heterocycles. The predicted octanol–water partition coefficient (Wildman–Crippen LogP) is 1.61. The van der Waals surface area contributed by atoms with E-state index in [1.54, 1.807) is 18.2 Å². The minimum atomic E-state index is -0.913. The lowest BCUT2D eigenvalue weighted by Crippen LogP contribution is -2.61. The van der Waals surface area contributed by atoms with Gasteiger partial charge in [0.2, 0.25) is 0 Å². The summed E-state index contributed by atoms with van der Waals surface area (Å²) < 4.78 is 0. The Morgan fingerprint density at radius 2 is 1.48 bits per heavy atom. The second-order valence-electron chi connectivity index (χ2n) is 8.02. The molecule has 0 saturated heterocycles. The lowest BCUT2D eigenvalue weighted by molar-refractivity contribution is -0.142. The molecule has 6 heteroatoms. The Hall–Kier alpha value is -2.37. The van der Waals surface area contributed by atoms with Gasteiger partial charge in [0.15, 0.2) is 0 Å². The summed E-state index contributed by atoms with van der Waals surface area (Å²) in [5, 5.41) is 5.11. The predicted molar refractivity (Wildman–Crippen MR) is 92.4 cm³/mol. The summed E-state index contributed by atoms with van der Waals surface area (Å²) in [5.41, 5.74) is 5.95. The molecule has 4 bridgehead atoms. The van der Waals surface area contributed by atoms with Gasteiger partial charge < -0.3 is 11.1 Å². The number of carbonyl (C=O) groups excluding carboxylic acids is 3. The molecule has 0 aliphatic heterocycles. The van der Waals surface area contributed by atoms with E-state index in [0.29, 0.717) is 17.8 Å². The highest BCUT2D eigenvalue weighted by Crippen LogP contribution is 2.55. The maximum absolute atomic E-state index is 12.4. The molecule has 0 atom stereocenters. The van der Waals surface area contributed by atoms with Crippen LogP contribution in [0.25, 0.3) is 0 Å². The van der Waals surface area contributed by atoms with Crippen molar-refractivity contribution in [1.29, 1.82) is 0 Å². The molecule has 4 saturated carbocycles. The molecule has 0 radical (unpaired) electrons. The number of hydrogen-bond acceptors (Lipinski definition) is 4. The number of para-hydroxylation sites is 1. The minimum Gasteiger partial charge on any atom is -0.398 e. The summed E-state index contributed by atoms with van der Waals surface area (Å²) >= 11 is 0. The maximum atomic E-state index is 12.4.